The highest BCUT2D eigenvalue weighted by atomic mass is 16.5. The van der Waals surface area contributed by atoms with Crippen molar-refractivity contribution in [3.8, 4) is 0 Å². The number of cyclic esters (lactones) is 1. The average Bonchev–Trinajstić information content (AvgIpc) is 2.61. The van der Waals surface area contributed by atoms with Crippen molar-refractivity contribution in [3.63, 3.8) is 0 Å². The lowest BCUT2D eigenvalue weighted by Gasteiger charge is -1.95. The molecule has 0 saturated carbocycles. The molecular weight excluding hydrogens is 212 g/mol. The van der Waals surface area contributed by atoms with Crippen molar-refractivity contribution < 1.29 is 9.53 Å². The largest absolute Gasteiger partial charge is 0.459 e. The summed E-state index contributed by atoms with van der Waals surface area (Å²) in [6.45, 7) is 4.16. The van der Waals surface area contributed by atoms with E-state index >= 15 is 0 Å². The van der Waals surface area contributed by atoms with Gasteiger partial charge in [0.05, 0.1) is 0 Å². The normalized spacial score (nSPS) is 22.6. The molecule has 1 unspecified atom stereocenters. The first-order valence-corrected chi connectivity index (χ1v) is 6.80. The maximum absolute atomic E-state index is 11.3. The molecule has 2 heteroatoms. The lowest BCUT2D eigenvalue weighted by atomic mass is 10.1. The molecule has 17 heavy (non-hydrogen) atoms. The minimum Gasteiger partial charge on any atom is -0.459 e. The first-order chi connectivity index (χ1) is 8.24. The van der Waals surface area contributed by atoms with E-state index in [0.29, 0.717) is 0 Å². The monoisotopic (exact) mass is 236 g/mol. The van der Waals surface area contributed by atoms with Gasteiger partial charge in [0.2, 0.25) is 0 Å². The minimum absolute atomic E-state index is 0.0520. The molecule has 0 bridgehead atoms. The number of hydrogen-bond donors (Lipinski definition) is 0. The first kappa shape index (κ1) is 14.0. The predicted octanol–water partition coefficient (Wildman–Crippen LogP) is 4.16. The Morgan fingerprint density at radius 3 is 2.71 bits per heavy atom. The SMILES string of the molecule is CCCCCCC/C=C\C=C1\CC(C)OC1=O. The molecule has 1 heterocycles. The molecule has 1 saturated heterocycles. The maximum Gasteiger partial charge on any atom is 0.334 e. The van der Waals surface area contributed by atoms with Gasteiger partial charge in [0, 0.05) is 12.0 Å². The van der Waals surface area contributed by atoms with Crippen LogP contribution in [0.25, 0.3) is 0 Å². The number of rotatable bonds is 7. The van der Waals surface area contributed by atoms with Crippen LogP contribution in [0.5, 0.6) is 0 Å². The van der Waals surface area contributed by atoms with Crippen molar-refractivity contribution in [1.29, 1.82) is 0 Å². The third kappa shape index (κ3) is 5.71. The van der Waals surface area contributed by atoms with Gasteiger partial charge in [-0.15, -0.1) is 0 Å². The summed E-state index contributed by atoms with van der Waals surface area (Å²) in [5.74, 6) is -0.148. The van der Waals surface area contributed by atoms with Crippen LogP contribution < -0.4 is 0 Å². The highest BCUT2D eigenvalue weighted by Crippen LogP contribution is 2.19. The summed E-state index contributed by atoms with van der Waals surface area (Å²) in [6, 6.07) is 0. The van der Waals surface area contributed by atoms with E-state index in [2.05, 4.69) is 13.0 Å². The highest BCUT2D eigenvalue weighted by Gasteiger charge is 2.24. The van der Waals surface area contributed by atoms with Crippen LogP contribution in [0.2, 0.25) is 0 Å². The van der Waals surface area contributed by atoms with E-state index < -0.39 is 0 Å². The molecule has 0 spiro atoms. The molecule has 1 aliphatic heterocycles. The van der Waals surface area contributed by atoms with Gasteiger partial charge >= 0.3 is 5.97 Å². The Labute approximate surface area is 105 Å². The van der Waals surface area contributed by atoms with Gasteiger partial charge in [-0.05, 0) is 19.8 Å². The van der Waals surface area contributed by atoms with E-state index in [1.165, 1.54) is 32.1 Å². The number of carbonyl (C=O) groups excluding carboxylic acids is 1. The number of unbranched alkanes of at least 4 members (excludes halogenated alkanes) is 5. The molecule has 1 fully saturated rings. The van der Waals surface area contributed by atoms with Gasteiger partial charge in [-0.3, -0.25) is 0 Å². The molecule has 0 radical (unpaired) electrons. The second-order valence-corrected chi connectivity index (χ2v) is 4.74. The van der Waals surface area contributed by atoms with Crippen LogP contribution in [0.3, 0.4) is 0 Å². The number of carbonyl (C=O) groups is 1. The summed E-state index contributed by atoms with van der Waals surface area (Å²) < 4.78 is 5.06. The molecule has 0 aromatic heterocycles. The van der Waals surface area contributed by atoms with E-state index in [1.807, 2.05) is 19.1 Å². The van der Waals surface area contributed by atoms with Crippen LogP contribution >= 0.6 is 0 Å². The van der Waals surface area contributed by atoms with Gasteiger partial charge in [0.25, 0.3) is 0 Å². The van der Waals surface area contributed by atoms with Crippen molar-refractivity contribution in [1.82, 2.24) is 0 Å². The van der Waals surface area contributed by atoms with Crippen LogP contribution in [-0.2, 0) is 9.53 Å². The number of allylic oxidation sites excluding steroid dienone is 3. The van der Waals surface area contributed by atoms with Gasteiger partial charge in [-0.1, -0.05) is 50.8 Å². The molecule has 2 nitrogen and oxygen atoms in total. The quantitative estimate of drug-likeness (QED) is 0.377. The highest BCUT2D eigenvalue weighted by molar-refractivity contribution is 5.90. The zero-order valence-corrected chi connectivity index (χ0v) is 11.1. The van der Waals surface area contributed by atoms with E-state index in [-0.39, 0.29) is 12.1 Å². The molecule has 0 aliphatic carbocycles. The smallest absolute Gasteiger partial charge is 0.334 e. The number of hydrogen-bond acceptors (Lipinski definition) is 2. The van der Waals surface area contributed by atoms with Crippen LogP contribution in [0.15, 0.2) is 23.8 Å². The fourth-order valence-corrected chi connectivity index (χ4v) is 1.98. The molecule has 1 rings (SSSR count). The van der Waals surface area contributed by atoms with Crippen LogP contribution in [0.4, 0.5) is 0 Å². The Hall–Kier alpha value is -1.05. The summed E-state index contributed by atoms with van der Waals surface area (Å²) in [5, 5.41) is 0. The Balaban J connectivity index is 2.13. The summed E-state index contributed by atoms with van der Waals surface area (Å²) in [7, 11) is 0. The zero-order chi connectivity index (χ0) is 12.5. The van der Waals surface area contributed by atoms with Crippen molar-refractivity contribution in [2.45, 2.75) is 64.9 Å². The summed E-state index contributed by atoms with van der Waals surface area (Å²) in [6.07, 6.45) is 14.5. The Morgan fingerprint density at radius 2 is 2.06 bits per heavy atom. The van der Waals surface area contributed by atoms with Crippen LogP contribution in [-0.4, -0.2) is 12.1 Å². The van der Waals surface area contributed by atoms with Crippen LogP contribution in [0, 0.1) is 0 Å². The summed E-state index contributed by atoms with van der Waals surface area (Å²) in [5.41, 5.74) is 0.805. The van der Waals surface area contributed by atoms with E-state index in [1.54, 1.807) is 0 Å². The second-order valence-electron chi connectivity index (χ2n) is 4.74. The van der Waals surface area contributed by atoms with Gasteiger partial charge in [-0.2, -0.15) is 0 Å². The van der Waals surface area contributed by atoms with Crippen LogP contribution in [0.1, 0.15) is 58.8 Å². The van der Waals surface area contributed by atoms with E-state index in [4.69, 9.17) is 4.74 Å². The fourth-order valence-electron chi connectivity index (χ4n) is 1.98. The Kier molecular flexibility index (Phi) is 6.68. The van der Waals surface area contributed by atoms with Gasteiger partial charge in [0.1, 0.15) is 6.10 Å². The van der Waals surface area contributed by atoms with Crippen molar-refractivity contribution >= 4 is 5.97 Å². The third-order valence-electron chi connectivity index (χ3n) is 2.99. The lowest BCUT2D eigenvalue weighted by molar-refractivity contribution is -0.138. The molecular formula is C15H24O2. The van der Waals surface area contributed by atoms with Gasteiger partial charge < -0.3 is 4.74 Å². The van der Waals surface area contributed by atoms with Gasteiger partial charge in [0.15, 0.2) is 0 Å². The standard InChI is InChI=1S/C15H24O2/c1-3-4-5-6-7-8-9-10-11-14-12-13(2)17-15(14)16/h9-11,13H,3-8,12H2,1-2H3/b10-9-,14-11-. The number of ether oxygens (including phenoxy) is 1. The molecule has 0 N–H and O–H groups in total. The topological polar surface area (TPSA) is 26.3 Å². The Bertz CT molecular complexity index is 289. The first-order valence-electron chi connectivity index (χ1n) is 6.80. The van der Waals surface area contributed by atoms with Gasteiger partial charge in [-0.25, -0.2) is 4.79 Å². The molecule has 1 aliphatic rings. The zero-order valence-electron chi connectivity index (χ0n) is 11.1. The second kappa shape index (κ2) is 8.10. The molecule has 0 aromatic carbocycles. The van der Waals surface area contributed by atoms with E-state index in [0.717, 1.165) is 18.4 Å². The summed E-state index contributed by atoms with van der Waals surface area (Å²) >= 11 is 0. The van der Waals surface area contributed by atoms with Crippen molar-refractivity contribution in [3.05, 3.63) is 23.8 Å². The molecule has 1 atom stereocenters. The Morgan fingerprint density at radius 1 is 1.29 bits per heavy atom. The lowest BCUT2D eigenvalue weighted by Crippen LogP contribution is -1.99. The molecule has 96 valence electrons. The third-order valence-corrected chi connectivity index (χ3v) is 2.99. The summed E-state index contributed by atoms with van der Waals surface area (Å²) in [4.78, 5) is 11.3. The minimum atomic E-state index is -0.148. The predicted molar refractivity (Wildman–Crippen MR) is 70.8 cm³/mol. The van der Waals surface area contributed by atoms with Crippen molar-refractivity contribution in [2.24, 2.45) is 0 Å². The molecule has 0 aromatic rings. The number of esters is 1. The van der Waals surface area contributed by atoms with Crippen molar-refractivity contribution in [2.75, 3.05) is 0 Å². The average molecular weight is 236 g/mol. The maximum atomic E-state index is 11.3. The molecule has 0 amide bonds. The van der Waals surface area contributed by atoms with E-state index in [9.17, 15) is 4.79 Å². The fraction of sp³-hybridized carbons (Fsp3) is 0.667.